The number of nitrogens with zero attached hydrogens (tertiary/aromatic N) is 7. The van der Waals surface area contributed by atoms with Gasteiger partial charge in [-0.3, -0.25) is 9.48 Å². The van der Waals surface area contributed by atoms with Crippen LogP contribution in [0.15, 0.2) is 47.2 Å². The first kappa shape index (κ1) is 20.5. The molecule has 172 valence electrons. The van der Waals surface area contributed by atoms with E-state index in [4.69, 9.17) is 14.2 Å². The van der Waals surface area contributed by atoms with Crippen LogP contribution in [0.5, 0.6) is 0 Å². The monoisotopic (exact) mass is 458 g/mol. The van der Waals surface area contributed by atoms with Gasteiger partial charge in [-0.05, 0) is 24.6 Å². The summed E-state index contributed by atoms with van der Waals surface area (Å²) in [6.45, 7) is 2.59. The van der Waals surface area contributed by atoms with Gasteiger partial charge in [0.05, 0.1) is 54.4 Å². The number of likely N-dealkylation sites (tertiary alicyclic amines) is 1. The topological polar surface area (TPSA) is 124 Å². The van der Waals surface area contributed by atoms with Crippen LogP contribution in [0.2, 0.25) is 0 Å². The number of aromatic nitrogens is 6. The quantitative estimate of drug-likeness (QED) is 0.480. The summed E-state index contributed by atoms with van der Waals surface area (Å²) in [5.74, 6) is 0.777. The van der Waals surface area contributed by atoms with Crippen molar-refractivity contribution in [2.75, 3.05) is 25.5 Å². The molecule has 11 nitrogen and oxygen atoms in total. The number of amides is 1. The first-order chi connectivity index (χ1) is 16.7. The highest BCUT2D eigenvalue weighted by molar-refractivity contribution is 5.85. The van der Waals surface area contributed by atoms with Crippen molar-refractivity contribution in [1.29, 1.82) is 0 Å². The molecule has 0 aromatic carbocycles. The Balaban J connectivity index is 1.25. The minimum absolute atomic E-state index is 0.0525. The maximum atomic E-state index is 12.3. The van der Waals surface area contributed by atoms with Gasteiger partial charge in [-0.15, -0.1) is 0 Å². The standard InChI is InChI=1S/C23H22N8O3/c1-30-8-6-14(22(30)32)21-11-18(29-34-21)16-4-2-3-15(26-16)17-5-7-24-23(27-17)28-19-12-25-31-9-10-33-13-20(19)31/h2-5,7,11-12,14H,6,8-10,13H2,1H3,(H,24,27,28)/t14-/m0/s1. The SMILES string of the molecule is CN1CC[C@@H](c2cc(-c3cccc(-c4ccnc(Nc5cnn6c5COCC6)n4)n3)no2)C1=O. The van der Waals surface area contributed by atoms with Gasteiger partial charge in [-0.25, -0.2) is 15.0 Å². The van der Waals surface area contributed by atoms with Gasteiger partial charge >= 0.3 is 0 Å². The number of nitrogens with one attached hydrogen (secondary N) is 1. The normalized spacial score (nSPS) is 17.7. The summed E-state index contributed by atoms with van der Waals surface area (Å²) in [5, 5.41) is 11.8. The van der Waals surface area contributed by atoms with E-state index < -0.39 is 0 Å². The van der Waals surface area contributed by atoms with E-state index in [1.807, 2.05) is 22.9 Å². The number of likely N-dealkylation sites (N-methyl/N-ethyl adjacent to an activating group) is 1. The van der Waals surface area contributed by atoms with Crippen LogP contribution >= 0.6 is 0 Å². The number of ether oxygens (including phenoxy) is 1. The van der Waals surface area contributed by atoms with E-state index in [0.717, 1.165) is 24.3 Å². The van der Waals surface area contributed by atoms with Gasteiger partial charge in [0.15, 0.2) is 0 Å². The Morgan fingerprint density at radius 2 is 1.94 bits per heavy atom. The maximum absolute atomic E-state index is 12.3. The zero-order valence-corrected chi connectivity index (χ0v) is 18.5. The van der Waals surface area contributed by atoms with Gasteiger partial charge in [0.1, 0.15) is 17.4 Å². The average molecular weight is 458 g/mol. The van der Waals surface area contributed by atoms with Crippen molar-refractivity contribution in [3.05, 3.63) is 54.2 Å². The van der Waals surface area contributed by atoms with Gasteiger partial charge in [0.2, 0.25) is 11.9 Å². The largest absolute Gasteiger partial charge is 0.373 e. The molecule has 0 aliphatic carbocycles. The number of fused-ring (bicyclic) bond motifs is 1. The molecule has 1 amide bonds. The van der Waals surface area contributed by atoms with E-state index in [9.17, 15) is 4.79 Å². The van der Waals surface area contributed by atoms with Crippen molar-refractivity contribution in [3.63, 3.8) is 0 Å². The zero-order valence-electron chi connectivity index (χ0n) is 18.5. The van der Waals surface area contributed by atoms with Gasteiger partial charge in [-0.1, -0.05) is 11.2 Å². The van der Waals surface area contributed by atoms with Crippen LogP contribution < -0.4 is 5.32 Å². The molecule has 6 heterocycles. The van der Waals surface area contributed by atoms with E-state index in [-0.39, 0.29) is 11.8 Å². The molecule has 4 aromatic rings. The van der Waals surface area contributed by atoms with Gasteiger partial charge in [-0.2, -0.15) is 5.10 Å². The number of hydrogen-bond donors (Lipinski definition) is 1. The molecule has 6 rings (SSSR count). The number of hydrogen-bond acceptors (Lipinski definition) is 9. The molecule has 1 N–H and O–H groups in total. The summed E-state index contributed by atoms with van der Waals surface area (Å²) < 4.78 is 13.0. The highest BCUT2D eigenvalue weighted by Crippen LogP contribution is 2.31. The Bertz CT molecular complexity index is 1360. The van der Waals surface area contributed by atoms with E-state index in [1.54, 1.807) is 36.5 Å². The Morgan fingerprint density at radius 3 is 2.79 bits per heavy atom. The van der Waals surface area contributed by atoms with Gasteiger partial charge in [0.25, 0.3) is 0 Å². The summed E-state index contributed by atoms with van der Waals surface area (Å²) in [5.41, 5.74) is 4.34. The molecular weight excluding hydrogens is 436 g/mol. The molecule has 2 aliphatic rings. The average Bonchev–Trinajstić information content (AvgIpc) is 3.60. The highest BCUT2D eigenvalue weighted by Gasteiger charge is 2.33. The molecule has 0 bridgehead atoms. The van der Waals surface area contributed by atoms with Crippen molar-refractivity contribution < 1.29 is 14.1 Å². The third-order valence-corrected chi connectivity index (χ3v) is 6.11. The van der Waals surface area contributed by atoms with Crippen molar-refractivity contribution in [1.82, 2.24) is 34.8 Å². The van der Waals surface area contributed by atoms with Crippen LogP contribution in [0.25, 0.3) is 22.8 Å². The van der Waals surface area contributed by atoms with E-state index >= 15 is 0 Å². The van der Waals surface area contributed by atoms with Crippen LogP contribution in [-0.2, 0) is 22.7 Å². The molecule has 0 spiro atoms. The van der Waals surface area contributed by atoms with Crippen LogP contribution in [0.4, 0.5) is 11.6 Å². The minimum atomic E-state index is -0.287. The first-order valence-electron chi connectivity index (χ1n) is 11.1. The van der Waals surface area contributed by atoms with Crippen LogP contribution in [0.3, 0.4) is 0 Å². The van der Waals surface area contributed by atoms with Gasteiger partial charge in [0, 0.05) is 25.9 Å². The summed E-state index contributed by atoms with van der Waals surface area (Å²) >= 11 is 0. The molecule has 1 fully saturated rings. The number of pyridine rings is 1. The molecule has 0 unspecified atom stereocenters. The zero-order chi connectivity index (χ0) is 23.1. The summed E-state index contributed by atoms with van der Waals surface area (Å²) in [6.07, 6.45) is 4.16. The number of carbonyl (C=O) groups is 1. The fraction of sp³-hybridized carbons (Fsp3) is 0.304. The lowest BCUT2D eigenvalue weighted by Crippen LogP contribution is -2.21. The van der Waals surface area contributed by atoms with Crippen molar-refractivity contribution in [2.45, 2.75) is 25.5 Å². The number of anilines is 2. The third kappa shape index (κ3) is 3.69. The summed E-state index contributed by atoms with van der Waals surface area (Å²) in [6, 6.07) is 9.22. The second-order valence-electron chi connectivity index (χ2n) is 8.29. The van der Waals surface area contributed by atoms with E-state index in [0.29, 0.717) is 54.2 Å². The fourth-order valence-corrected chi connectivity index (χ4v) is 4.24. The Morgan fingerprint density at radius 1 is 1.09 bits per heavy atom. The highest BCUT2D eigenvalue weighted by atomic mass is 16.5. The van der Waals surface area contributed by atoms with Gasteiger partial charge < -0.3 is 19.5 Å². The molecule has 11 heteroatoms. The Kier molecular flexibility index (Phi) is 5.02. The lowest BCUT2D eigenvalue weighted by atomic mass is 10.0. The van der Waals surface area contributed by atoms with Crippen molar-refractivity contribution >= 4 is 17.5 Å². The minimum Gasteiger partial charge on any atom is -0.373 e. The van der Waals surface area contributed by atoms with Crippen molar-refractivity contribution in [3.8, 4) is 22.8 Å². The van der Waals surface area contributed by atoms with Crippen molar-refractivity contribution in [2.24, 2.45) is 0 Å². The second kappa shape index (κ2) is 8.34. The molecule has 4 aromatic heterocycles. The predicted octanol–water partition coefficient (Wildman–Crippen LogP) is 2.61. The molecule has 34 heavy (non-hydrogen) atoms. The predicted molar refractivity (Wildman–Crippen MR) is 121 cm³/mol. The molecule has 0 saturated carbocycles. The Labute approximate surface area is 194 Å². The third-order valence-electron chi connectivity index (χ3n) is 6.11. The molecule has 1 atom stereocenters. The van der Waals surface area contributed by atoms with Crippen LogP contribution in [0, 0.1) is 0 Å². The molecule has 2 aliphatic heterocycles. The first-order valence-corrected chi connectivity index (χ1v) is 11.1. The lowest BCUT2D eigenvalue weighted by molar-refractivity contribution is -0.128. The lowest BCUT2D eigenvalue weighted by Gasteiger charge is -2.15. The summed E-state index contributed by atoms with van der Waals surface area (Å²) in [4.78, 5) is 27.7. The number of carbonyl (C=O) groups excluding carboxylic acids is 1. The second-order valence-corrected chi connectivity index (χ2v) is 8.29. The number of rotatable bonds is 5. The molecular formula is C23H22N8O3. The van der Waals surface area contributed by atoms with E-state index in [1.165, 1.54) is 0 Å². The molecule has 0 radical (unpaired) electrons. The molecule has 1 saturated heterocycles. The van der Waals surface area contributed by atoms with E-state index in [2.05, 4.69) is 25.5 Å². The van der Waals surface area contributed by atoms with Crippen LogP contribution in [0.1, 0.15) is 23.8 Å². The maximum Gasteiger partial charge on any atom is 0.233 e. The Hall–Kier alpha value is -4.12. The van der Waals surface area contributed by atoms with Crippen LogP contribution in [-0.4, -0.2) is 60.9 Å². The smallest absolute Gasteiger partial charge is 0.233 e. The fourth-order valence-electron chi connectivity index (χ4n) is 4.24. The summed E-state index contributed by atoms with van der Waals surface area (Å²) in [7, 11) is 1.80.